The van der Waals surface area contributed by atoms with Crippen molar-refractivity contribution in [2.75, 3.05) is 12.0 Å². The van der Waals surface area contributed by atoms with Gasteiger partial charge < -0.3 is 5.32 Å². The van der Waals surface area contributed by atoms with Crippen LogP contribution in [0.15, 0.2) is 18.2 Å². The standard InChI is InChI=1S/C10H14N4O/c11-13-6-12-5-7-1-2-9-8(3-7)4-10(15)14-9/h1-3,12-13H,4-6,11H2,(H,14,15). The van der Waals surface area contributed by atoms with Crippen molar-refractivity contribution in [2.24, 2.45) is 5.84 Å². The normalized spacial score (nSPS) is 13.8. The molecule has 1 aromatic rings. The molecule has 1 heterocycles. The second-order valence-corrected chi connectivity index (χ2v) is 3.52. The Hall–Kier alpha value is -1.43. The second kappa shape index (κ2) is 4.39. The lowest BCUT2D eigenvalue weighted by Crippen LogP contribution is -2.33. The second-order valence-electron chi connectivity index (χ2n) is 3.52. The van der Waals surface area contributed by atoms with Crippen LogP contribution in [-0.4, -0.2) is 12.6 Å². The average Bonchev–Trinajstić information content (AvgIpc) is 2.57. The number of fused-ring (bicyclic) bond motifs is 1. The first kappa shape index (κ1) is 10.1. The van der Waals surface area contributed by atoms with Crippen LogP contribution >= 0.6 is 0 Å². The van der Waals surface area contributed by atoms with Gasteiger partial charge in [0.1, 0.15) is 0 Å². The van der Waals surface area contributed by atoms with Gasteiger partial charge in [-0.15, -0.1) is 0 Å². The highest BCUT2D eigenvalue weighted by molar-refractivity contribution is 5.99. The van der Waals surface area contributed by atoms with Gasteiger partial charge in [-0.25, -0.2) is 5.43 Å². The van der Waals surface area contributed by atoms with E-state index in [9.17, 15) is 4.79 Å². The van der Waals surface area contributed by atoms with E-state index in [0.717, 1.165) is 23.4 Å². The molecule has 0 saturated carbocycles. The van der Waals surface area contributed by atoms with E-state index in [1.54, 1.807) is 0 Å². The highest BCUT2D eigenvalue weighted by Crippen LogP contribution is 2.23. The quantitative estimate of drug-likeness (QED) is 0.236. The first-order valence-electron chi connectivity index (χ1n) is 4.85. The molecular formula is C10H14N4O. The summed E-state index contributed by atoms with van der Waals surface area (Å²) in [6.45, 7) is 1.31. The summed E-state index contributed by atoms with van der Waals surface area (Å²) in [7, 11) is 0. The van der Waals surface area contributed by atoms with E-state index < -0.39 is 0 Å². The maximum atomic E-state index is 11.1. The van der Waals surface area contributed by atoms with E-state index in [1.807, 2.05) is 18.2 Å². The van der Waals surface area contributed by atoms with Gasteiger partial charge in [-0.3, -0.25) is 16.0 Å². The number of hydrazine groups is 1. The van der Waals surface area contributed by atoms with Crippen LogP contribution in [0.5, 0.6) is 0 Å². The molecule has 0 saturated heterocycles. The first-order valence-corrected chi connectivity index (χ1v) is 4.85. The van der Waals surface area contributed by atoms with E-state index >= 15 is 0 Å². The van der Waals surface area contributed by atoms with Crippen molar-refractivity contribution in [3.63, 3.8) is 0 Å². The van der Waals surface area contributed by atoms with Crippen molar-refractivity contribution < 1.29 is 4.79 Å². The third kappa shape index (κ3) is 2.33. The molecular weight excluding hydrogens is 192 g/mol. The number of nitrogens with two attached hydrogens (primary N) is 1. The summed E-state index contributed by atoms with van der Waals surface area (Å²) in [5, 5.41) is 5.91. The monoisotopic (exact) mass is 206 g/mol. The molecule has 0 fully saturated rings. The van der Waals surface area contributed by atoms with Crippen molar-refractivity contribution in [1.29, 1.82) is 0 Å². The van der Waals surface area contributed by atoms with Crippen LogP contribution in [0.25, 0.3) is 0 Å². The van der Waals surface area contributed by atoms with Gasteiger partial charge in [0, 0.05) is 12.2 Å². The summed E-state index contributed by atoms with van der Waals surface area (Å²) in [6, 6.07) is 5.97. The number of carbonyl (C=O) groups is 1. The lowest BCUT2D eigenvalue weighted by molar-refractivity contribution is -0.115. The molecule has 15 heavy (non-hydrogen) atoms. The number of hydrogen-bond acceptors (Lipinski definition) is 4. The van der Waals surface area contributed by atoms with Crippen molar-refractivity contribution in [1.82, 2.24) is 10.7 Å². The molecule has 2 rings (SSSR count). The van der Waals surface area contributed by atoms with Crippen LogP contribution in [-0.2, 0) is 17.8 Å². The van der Waals surface area contributed by atoms with Gasteiger partial charge in [0.2, 0.25) is 5.91 Å². The van der Waals surface area contributed by atoms with Gasteiger partial charge in [-0.05, 0) is 17.2 Å². The van der Waals surface area contributed by atoms with Gasteiger partial charge in [0.15, 0.2) is 0 Å². The van der Waals surface area contributed by atoms with Gasteiger partial charge >= 0.3 is 0 Å². The summed E-state index contributed by atoms with van der Waals surface area (Å²) < 4.78 is 0. The molecule has 5 N–H and O–H groups in total. The molecule has 1 aliphatic rings. The minimum atomic E-state index is 0.0683. The Bertz CT molecular complexity index is 378. The summed E-state index contributed by atoms with van der Waals surface area (Å²) >= 11 is 0. The van der Waals surface area contributed by atoms with Crippen LogP contribution in [0.3, 0.4) is 0 Å². The predicted molar refractivity (Wildman–Crippen MR) is 57.8 cm³/mol. The fourth-order valence-corrected chi connectivity index (χ4v) is 1.67. The lowest BCUT2D eigenvalue weighted by atomic mass is 10.1. The van der Waals surface area contributed by atoms with Crippen LogP contribution < -0.4 is 21.9 Å². The molecule has 1 amide bonds. The molecule has 0 spiro atoms. The molecule has 0 aromatic heterocycles. The van der Waals surface area contributed by atoms with E-state index in [4.69, 9.17) is 5.84 Å². The highest BCUT2D eigenvalue weighted by Gasteiger charge is 2.16. The number of hydrogen-bond donors (Lipinski definition) is 4. The van der Waals surface area contributed by atoms with E-state index in [-0.39, 0.29) is 5.91 Å². The zero-order valence-electron chi connectivity index (χ0n) is 8.34. The maximum Gasteiger partial charge on any atom is 0.228 e. The smallest absolute Gasteiger partial charge is 0.228 e. The van der Waals surface area contributed by atoms with Gasteiger partial charge in [0.25, 0.3) is 0 Å². The van der Waals surface area contributed by atoms with Crippen molar-refractivity contribution in [2.45, 2.75) is 13.0 Å². The van der Waals surface area contributed by atoms with Crippen molar-refractivity contribution >= 4 is 11.6 Å². The number of anilines is 1. The summed E-state index contributed by atoms with van der Waals surface area (Å²) in [4.78, 5) is 11.1. The number of carbonyl (C=O) groups excluding carboxylic acids is 1. The van der Waals surface area contributed by atoms with Crippen LogP contribution in [0.4, 0.5) is 5.69 Å². The summed E-state index contributed by atoms with van der Waals surface area (Å²) in [6.07, 6.45) is 0.484. The Balaban J connectivity index is 2.03. The van der Waals surface area contributed by atoms with Crippen molar-refractivity contribution in [3.8, 4) is 0 Å². The van der Waals surface area contributed by atoms with Gasteiger partial charge in [-0.1, -0.05) is 12.1 Å². The molecule has 5 nitrogen and oxygen atoms in total. The molecule has 1 aliphatic heterocycles. The minimum absolute atomic E-state index is 0.0683. The molecule has 0 radical (unpaired) electrons. The molecule has 5 heteroatoms. The Morgan fingerprint density at radius 1 is 1.47 bits per heavy atom. The summed E-state index contributed by atoms with van der Waals surface area (Å²) in [5.74, 6) is 5.20. The van der Waals surface area contributed by atoms with E-state index in [0.29, 0.717) is 13.1 Å². The number of rotatable bonds is 4. The molecule has 0 atom stereocenters. The SMILES string of the molecule is NNCNCc1ccc2c(c1)CC(=O)N2. The van der Waals surface area contributed by atoms with Crippen LogP contribution in [0.1, 0.15) is 11.1 Å². The molecule has 0 unspecified atom stereocenters. The largest absolute Gasteiger partial charge is 0.326 e. The number of benzene rings is 1. The minimum Gasteiger partial charge on any atom is -0.326 e. The predicted octanol–water partition coefficient (Wildman–Crippen LogP) is -0.308. The Kier molecular flexibility index (Phi) is 2.96. The number of amides is 1. The Morgan fingerprint density at radius 2 is 2.33 bits per heavy atom. The molecule has 80 valence electrons. The third-order valence-electron chi connectivity index (χ3n) is 2.35. The van der Waals surface area contributed by atoms with Crippen LogP contribution in [0.2, 0.25) is 0 Å². The number of nitrogens with one attached hydrogen (secondary N) is 3. The van der Waals surface area contributed by atoms with E-state index in [1.165, 1.54) is 0 Å². The lowest BCUT2D eigenvalue weighted by Gasteiger charge is -2.05. The fourth-order valence-electron chi connectivity index (χ4n) is 1.67. The highest BCUT2D eigenvalue weighted by atomic mass is 16.1. The fraction of sp³-hybridized carbons (Fsp3) is 0.300. The van der Waals surface area contributed by atoms with Gasteiger partial charge in [0.05, 0.1) is 13.1 Å². The first-order chi connectivity index (χ1) is 7.29. The van der Waals surface area contributed by atoms with Gasteiger partial charge in [-0.2, -0.15) is 0 Å². The zero-order valence-corrected chi connectivity index (χ0v) is 8.34. The van der Waals surface area contributed by atoms with Crippen molar-refractivity contribution in [3.05, 3.63) is 29.3 Å². The topological polar surface area (TPSA) is 79.2 Å². The Labute approximate surface area is 88.0 Å². The average molecular weight is 206 g/mol. The molecule has 1 aromatic carbocycles. The third-order valence-corrected chi connectivity index (χ3v) is 2.35. The maximum absolute atomic E-state index is 11.1. The molecule has 0 bridgehead atoms. The Morgan fingerprint density at radius 3 is 3.13 bits per heavy atom. The summed E-state index contributed by atoms with van der Waals surface area (Å²) in [5.41, 5.74) is 5.67. The zero-order chi connectivity index (χ0) is 10.7. The molecule has 0 aliphatic carbocycles. The van der Waals surface area contributed by atoms with Crippen LogP contribution in [0, 0.1) is 0 Å². The van der Waals surface area contributed by atoms with E-state index in [2.05, 4.69) is 16.1 Å².